The van der Waals surface area contributed by atoms with E-state index < -0.39 is 0 Å². The molecule has 0 aromatic heterocycles. The molecule has 1 aliphatic rings. The fourth-order valence-corrected chi connectivity index (χ4v) is 1.98. The first-order valence-electron chi connectivity index (χ1n) is 5.51. The highest BCUT2D eigenvalue weighted by atomic mass is 32.1. The summed E-state index contributed by atoms with van der Waals surface area (Å²) in [6.45, 7) is 3.56. The zero-order valence-electron chi connectivity index (χ0n) is 9.25. The summed E-state index contributed by atoms with van der Waals surface area (Å²) < 4.78 is 0. The van der Waals surface area contributed by atoms with Crippen LogP contribution in [0.4, 0.5) is 0 Å². The number of aliphatic hydroxyl groups excluding tert-OH is 1. The van der Waals surface area contributed by atoms with Gasteiger partial charge in [-0.3, -0.25) is 0 Å². The van der Waals surface area contributed by atoms with Crippen molar-refractivity contribution >= 4 is 17.2 Å². The lowest BCUT2D eigenvalue weighted by Crippen LogP contribution is -2.41. The standard InChI is InChI=1S/C11H20N2OS/c1-9-4-2-3-5-10(9)13-11(15)8-12-6-7-14/h4,10,12,14H,2-3,5-8H2,1H3,(H,13,15). The van der Waals surface area contributed by atoms with E-state index in [1.165, 1.54) is 24.8 Å². The molecule has 0 aliphatic heterocycles. The molecule has 1 aliphatic carbocycles. The van der Waals surface area contributed by atoms with Crippen molar-refractivity contribution in [2.45, 2.75) is 32.2 Å². The molecule has 1 atom stereocenters. The maximum Gasteiger partial charge on any atom is 0.0898 e. The van der Waals surface area contributed by atoms with Gasteiger partial charge in [0.15, 0.2) is 0 Å². The van der Waals surface area contributed by atoms with Crippen LogP contribution in [-0.2, 0) is 0 Å². The maximum atomic E-state index is 8.61. The summed E-state index contributed by atoms with van der Waals surface area (Å²) in [6.07, 6.45) is 5.88. The Morgan fingerprint density at radius 2 is 2.47 bits per heavy atom. The number of hydrogen-bond acceptors (Lipinski definition) is 3. The normalized spacial score (nSPS) is 20.9. The van der Waals surface area contributed by atoms with Gasteiger partial charge in [0.2, 0.25) is 0 Å². The summed E-state index contributed by atoms with van der Waals surface area (Å²) in [5.41, 5.74) is 1.39. The summed E-state index contributed by atoms with van der Waals surface area (Å²) >= 11 is 5.22. The van der Waals surface area contributed by atoms with Crippen LogP contribution in [0.3, 0.4) is 0 Å². The predicted octanol–water partition coefficient (Wildman–Crippen LogP) is 0.984. The zero-order chi connectivity index (χ0) is 11.1. The molecule has 86 valence electrons. The molecule has 0 heterocycles. The lowest BCUT2D eigenvalue weighted by molar-refractivity contribution is 0.295. The maximum absolute atomic E-state index is 8.61. The molecule has 0 fully saturated rings. The number of rotatable bonds is 5. The number of nitrogens with one attached hydrogen (secondary N) is 2. The number of thiocarbonyl (C=S) groups is 1. The van der Waals surface area contributed by atoms with Crippen molar-refractivity contribution in [3.63, 3.8) is 0 Å². The third-order valence-electron chi connectivity index (χ3n) is 2.62. The van der Waals surface area contributed by atoms with Gasteiger partial charge in [0, 0.05) is 19.1 Å². The van der Waals surface area contributed by atoms with E-state index in [0.717, 1.165) is 4.99 Å². The van der Waals surface area contributed by atoms with Crippen molar-refractivity contribution in [1.82, 2.24) is 10.6 Å². The lowest BCUT2D eigenvalue weighted by atomic mass is 9.95. The average molecular weight is 228 g/mol. The molecular weight excluding hydrogens is 208 g/mol. The number of aliphatic hydroxyl groups is 1. The summed E-state index contributed by atoms with van der Waals surface area (Å²) in [6, 6.07) is 0.419. The molecule has 0 saturated heterocycles. The fraction of sp³-hybridized carbons (Fsp3) is 0.727. The molecule has 3 N–H and O–H groups in total. The third kappa shape index (κ3) is 4.73. The van der Waals surface area contributed by atoms with Crippen molar-refractivity contribution in [1.29, 1.82) is 0 Å². The Labute approximate surface area is 96.9 Å². The first kappa shape index (κ1) is 12.6. The van der Waals surface area contributed by atoms with Gasteiger partial charge >= 0.3 is 0 Å². The number of hydrogen-bond donors (Lipinski definition) is 3. The molecule has 4 heteroatoms. The van der Waals surface area contributed by atoms with Crippen LogP contribution in [0.1, 0.15) is 26.2 Å². The van der Waals surface area contributed by atoms with Crippen LogP contribution in [0.2, 0.25) is 0 Å². The van der Waals surface area contributed by atoms with Crippen molar-refractivity contribution in [2.75, 3.05) is 19.7 Å². The van der Waals surface area contributed by atoms with Crippen LogP contribution in [-0.4, -0.2) is 35.8 Å². The van der Waals surface area contributed by atoms with E-state index >= 15 is 0 Å². The van der Waals surface area contributed by atoms with Crippen LogP contribution in [0.15, 0.2) is 11.6 Å². The van der Waals surface area contributed by atoms with Gasteiger partial charge in [0.05, 0.1) is 11.6 Å². The fourth-order valence-electron chi connectivity index (χ4n) is 1.73. The molecule has 1 unspecified atom stereocenters. The molecule has 0 radical (unpaired) electrons. The molecular formula is C11H20N2OS. The predicted molar refractivity (Wildman–Crippen MR) is 67.1 cm³/mol. The van der Waals surface area contributed by atoms with Gasteiger partial charge < -0.3 is 15.7 Å². The first-order valence-corrected chi connectivity index (χ1v) is 5.92. The van der Waals surface area contributed by atoms with Crippen molar-refractivity contribution in [3.8, 4) is 0 Å². The van der Waals surface area contributed by atoms with Crippen molar-refractivity contribution in [2.24, 2.45) is 0 Å². The summed E-state index contributed by atoms with van der Waals surface area (Å²) in [4.78, 5) is 0.836. The molecule has 0 spiro atoms. The van der Waals surface area contributed by atoms with Crippen LogP contribution in [0.25, 0.3) is 0 Å². The van der Waals surface area contributed by atoms with Crippen LogP contribution < -0.4 is 10.6 Å². The quantitative estimate of drug-likeness (QED) is 0.373. The second kappa shape index (κ2) is 6.93. The Kier molecular flexibility index (Phi) is 5.83. The van der Waals surface area contributed by atoms with Gasteiger partial charge in [0.1, 0.15) is 0 Å². The second-order valence-electron chi connectivity index (χ2n) is 3.90. The molecule has 0 saturated carbocycles. The van der Waals surface area contributed by atoms with Crippen molar-refractivity contribution in [3.05, 3.63) is 11.6 Å². The average Bonchev–Trinajstić information content (AvgIpc) is 2.22. The minimum absolute atomic E-state index is 0.158. The summed E-state index contributed by atoms with van der Waals surface area (Å²) in [5.74, 6) is 0. The molecule has 0 amide bonds. The van der Waals surface area contributed by atoms with E-state index in [4.69, 9.17) is 17.3 Å². The van der Waals surface area contributed by atoms with E-state index in [-0.39, 0.29) is 6.61 Å². The summed E-state index contributed by atoms with van der Waals surface area (Å²) in [5, 5.41) is 15.0. The Hall–Kier alpha value is -0.450. The minimum atomic E-state index is 0.158. The second-order valence-corrected chi connectivity index (χ2v) is 4.39. The van der Waals surface area contributed by atoms with E-state index in [2.05, 4.69) is 23.6 Å². The minimum Gasteiger partial charge on any atom is -0.395 e. The zero-order valence-corrected chi connectivity index (χ0v) is 10.1. The topological polar surface area (TPSA) is 44.3 Å². The highest BCUT2D eigenvalue weighted by Crippen LogP contribution is 2.17. The third-order valence-corrected chi connectivity index (χ3v) is 2.88. The molecule has 0 aromatic rings. The van der Waals surface area contributed by atoms with Crippen LogP contribution in [0.5, 0.6) is 0 Å². The van der Waals surface area contributed by atoms with Gasteiger partial charge in [0.25, 0.3) is 0 Å². The molecule has 3 nitrogen and oxygen atoms in total. The van der Waals surface area contributed by atoms with Gasteiger partial charge in [-0.15, -0.1) is 0 Å². The Morgan fingerprint density at radius 3 is 3.13 bits per heavy atom. The lowest BCUT2D eigenvalue weighted by Gasteiger charge is -2.24. The summed E-state index contributed by atoms with van der Waals surface area (Å²) in [7, 11) is 0. The molecule has 0 aromatic carbocycles. The molecule has 15 heavy (non-hydrogen) atoms. The van der Waals surface area contributed by atoms with Crippen LogP contribution in [0, 0.1) is 0 Å². The Bertz CT molecular complexity index is 241. The highest BCUT2D eigenvalue weighted by molar-refractivity contribution is 7.80. The smallest absolute Gasteiger partial charge is 0.0898 e. The first-order chi connectivity index (χ1) is 7.24. The molecule has 1 rings (SSSR count). The highest BCUT2D eigenvalue weighted by Gasteiger charge is 2.14. The monoisotopic (exact) mass is 228 g/mol. The van der Waals surface area contributed by atoms with E-state index in [1.807, 2.05) is 0 Å². The number of allylic oxidation sites excluding steroid dienone is 1. The van der Waals surface area contributed by atoms with Gasteiger partial charge in [-0.1, -0.05) is 23.9 Å². The van der Waals surface area contributed by atoms with E-state index in [1.54, 1.807) is 0 Å². The van der Waals surface area contributed by atoms with E-state index in [0.29, 0.717) is 19.1 Å². The van der Waals surface area contributed by atoms with E-state index in [9.17, 15) is 0 Å². The largest absolute Gasteiger partial charge is 0.395 e. The van der Waals surface area contributed by atoms with Gasteiger partial charge in [-0.05, 0) is 26.2 Å². The van der Waals surface area contributed by atoms with Crippen molar-refractivity contribution < 1.29 is 5.11 Å². The molecule has 0 bridgehead atoms. The van der Waals surface area contributed by atoms with Gasteiger partial charge in [-0.25, -0.2) is 0 Å². The Balaban J connectivity index is 2.24. The van der Waals surface area contributed by atoms with Crippen LogP contribution >= 0.6 is 12.2 Å². The Morgan fingerprint density at radius 1 is 1.67 bits per heavy atom. The SMILES string of the molecule is CC1=CCCCC1NC(=S)CNCCO. The van der Waals surface area contributed by atoms with Gasteiger partial charge in [-0.2, -0.15) is 0 Å².